The zero-order valence-corrected chi connectivity index (χ0v) is 16.7. The molecule has 2 aliphatic heterocycles. The number of urea groups is 1. The number of carbonyl (C=O) groups excluding carboxylic acids is 1. The fourth-order valence-corrected chi connectivity index (χ4v) is 4.64. The van der Waals surface area contributed by atoms with E-state index in [9.17, 15) is 9.90 Å². The third kappa shape index (κ3) is 4.83. The molecule has 5 nitrogen and oxygen atoms in total. The van der Waals surface area contributed by atoms with Crippen LogP contribution in [0.5, 0.6) is 0 Å². The van der Waals surface area contributed by atoms with Crippen molar-refractivity contribution in [3.63, 3.8) is 0 Å². The first-order valence-electron chi connectivity index (χ1n) is 9.33. The molecule has 7 heteroatoms. The number of hydrogen-bond acceptors (Lipinski definition) is 3. The molecule has 3 rings (SSSR count). The van der Waals surface area contributed by atoms with Gasteiger partial charge in [0.25, 0.3) is 0 Å². The van der Waals surface area contributed by atoms with Crippen LogP contribution in [0.2, 0.25) is 10.0 Å². The van der Waals surface area contributed by atoms with E-state index in [4.69, 9.17) is 23.2 Å². The lowest BCUT2D eigenvalue weighted by Crippen LogP contribution is -2.52. The average molecular weight is 400 g/mol. The topological polar surface area (TPSA) is 55.8 Å². The number of aliphatic hydroxyl groups excluding tert-OH is 1. The molecule has 2 aliphatic rings. The summed E-state index contributed by atoms with van der Waals surface area (Å²) in [7, 11) is 0. The molecule has 0 unspecified atom stereocenters. The van der Waals surface area contributed by atoms with Crippen LogP contribution >= 0.6 is 23.2 Å². The number of nitrogens with zero attached hydrogens (tertiary/aromatic N) is 2. The minimum atomic E-state index is -0.197. The molecule has 0 bridgehead atoms. The third-order valence-corrected chi connectivity index (χ3v) is 6.05. The number of rotatable bonds is 3. The molecule has 0 spiro atoms. The summed E-state index contributed by atoms with van der Waals surface area (Å²) in [6.45, 7) is 5.66. The summed E-state index contributed by atoms with van der Waals surface area (Å²) in [5.74, 6) is 0. The Labute approximate surface area is 165 Å². The van der Waals surface area contributed by atoms with E-state index in [-0.39, 0.29) is 12.1 Å². The van der Waals surface area contributed by atoms with Crippen LogP contribution < -0.4 is 5.32 Å². The van der Waals surface area contributed by atoms with Crippen molar-refractivity contribution in [1.29, 1.82) is 0 Å². The SMILES string of the molecule is Cc1cc(Cl)cc(Cl)c1CNC(=O)N1CCC(N2CCC[C@@H](O)C2)CC1. The Morgan fingerprint density at radius 2 is 1.96 bits per heavy atom. The Morgan fingerprint density at radius 1 is 1.23 bits per heavy atom. The summed E-state index contributed by atoms with van der Waals surface area (Å²) in [6.07, 6.45) is 3.69. The van der Waals surface area contributed by atoms with E-state index >= 15 is 0 Å². The van der Waals surface area contributed by atoms with Crippen molar-refractivity contribution in [2.45, 2.75) is 51.3 Å². The van der Waals surface area contributed by atoms with Gasteiger partial charge in [-0.2, -0.15) is 0 Å². The smallest absolute Gasteiger partial charge is 0.317 e. The summed E-state index contributed by atoms with van der Waals surface area (Å²) < 4.78 is 0. The van der Waals surface area contributed by atoms with E-state index in [0.717, 1.165) is 63.0 Å². The van der Waals surface area contributed by atoms with Gasteiger partial charge in [-0.1, -0.05) is 23.2 Å². The fraction of sp³-hybridized carbons (Fsp3) is 0.632. The van der Waals surface area contributed by atoms with Gasteiger partial charge in [-0.05, 0) is 62.4 Å². The maximum atomic E-state index is 12.5. The Bertz CT molecular complexity index is 625. The van der Waals surface area contributed by atoms with Crippen LogP contribution in [0.1, 0.15) is 36.8 Å². The number of piperidine rings is 2. The number of halogens is 2. The van der Waals surface area contributed by atoms with E-state index < -0.39 is 0 Å². The molecular weight excluding hydrogens is 373 g/mol. The van der Waals surface area contributed by atoms with E-state index in [1.165, 1.54) is 0 Å². The van der Waals surface area contributed by atoms with Crippen LogP contribution in [0, 0.1) is 6.92 Å². The predicted octanol–water partition coefficient (Wildman–Crippen LogP) is 3.43. The predicted molar refractivity (Wildman–Crippen MR) is 105 cm³/mol. The second kappa shape index (κ2) is 8.79. The van der Waals surface area contributed by atoms with E-state index in [1.807, 2.05) is 17.9 Å². The van der Waals surface area contributed by atoms with E-state index in [1.54, 1.807) is 6.07 Å². The number of amides is 2. The molecule has 2 saturated heterocycles. The Morgan fingerprint density at radius 3 is 2.62 bits per heavy atom. The molecule has 2 amide bonds. The monoisotopic (exact) mass is 399 g/mol. The second-order valence-electron chi connectivity index (χ2n) is 7.35. The van der Waals surface area contributed by atoms with E-state index in [2.05, 4.69) is 10.2 Å². The molecule has 0 aromatic heterocycles. The highest BCUT2D eigenvalue weighted by Crippen LogP contribution is 2.25. The van der Waals surface area contributed by atoms with Gasteiger partial charge in [-0.3, -0.25) is 4.90 Å². The molecule has 1 atom stereocenters. The molecule has 0 radical (unpaired) electrons. The highest BCUT2D eigenvalue weighted by Gasteiger charge is 2.29. The number of likely N-dealkylation sites (tertiary alicyclic amines) is 2. The zero-order chi connectivity index (χ0) is 18.7. The lowest BCUT2D eigenvalue weighted by atomic mass is 9.99. The lowest BCUT2D eigenvalue weighted by Gasteiger charge is -2.41. The quantitative estimate of drug-likeness (QED) is 0.818. The highest BCUT2D eigenvalue weighted by atomic mass is 35.5. The van der Waals surface area contributed by atoms with Gasteiger partial charge in [0.1, 0.15) is 0 Å². The van der Waals surface area contributed by atoms with Crippen molar-refractivity contribution < 1.29 is 9.90 Å². The number of benzene rings is 1. The van der Waals surface area contributed by atoms with Crippen molar-refractivity contribution in [1.82, 2.24) is 15.1 Å². The fourth-order valence-electron chi connectivity index (χ4n) is 3.98. The molecule has 1 aromatic rings. The van der Waals surface area contributed by atoms with Crippen molar-refractivity contribution >= 4 is 29.2 Å². The van der Waals surface area contributed by atoms with Crippen molar-refractivity contribution in [3.8, 4) is 0 Å². The number of carbonyl (C=O) groups is 1. The summed E-state index contributed by atoms with van der Waals surface area (Å²) in [4.78, 5) is 16.7. The maximum absolute atomic E-state index is 12.5. The van der Waals surface area contributed by atoms with Crippen LogP contribution in [0.3, 0.4) is 0 Å². The first kappa shape index (κ1) is 19.7. The number of nitrogens with one attached hydrogen (secondary N) is 1. The van der Waals surface area contributed by atoms with E-state index in [0.29, 0.717) is 22.6 Å². The Hall–Kier alpha value is -1.01. The van der Waals surface area contributed by atoms with Gasteiger partial charge in [-0.15, -0.1) is 0 Å². The van der Waals surface area contributed by atoms with Gasteiger partial charge < -0.3 is 15.3 Å². The minimum absolute atomic E-state index is 0.0486. The first-order valence-corrected chi connectivity index (χ1v) is 10.1. The summed E-state index contributed by atoms with van der Waals surface area (Å²) in [5, 5.41) is 14.0. The summed E-state index contributed by atoms with van der Waals surface area (Å²) in [6, 6.07) is 3.98. The molecule has 2 N–H and O–H groups in total. The average Bonchev–Trinajstić information content (AvgIpc) is 2.61. The minimum Gasteiger partial charge on any atom is -0.392 e. The lowest BCUT2D eigenvalue weighted by molar-refractivity contribution is 0.0291. The van der Waals surface area contributed by atoms with Crippen LogP contribution in [0.15, 0.2) is 12.1 Å². The van der Waals surface area contributed by atoms with Crippen LogP contribution in [0.25, 0.3) is 0 Å². The standard InChI is InChI=1S/C19H27Cl2N3O2/c1-13-9-14(20)10-18(21)17(13)11-22-19(26)23-7-4-15(5-8-23)24-6-2-3-16(25)12-24/h9-10,15-16,25H,2-8,11-12H2,1H3,(H,22,26)/t16-/m1/s1. The van der Waals surface area contributed by atoms with Gasteiger partial charge >= 0.3 is 6.03 Å². The van der Waals surface area contributed by atoms with Crippen molar-refractivity contribution in [2.24, 2.45) is 0 Å². The van der Waals surface area contributed by atoms with Gasteiger partial charge in [0.15, 0.2) is 0 Å². The van der Waals surface area contributed by atoms with Crippen LogP contribution in [0.4, 0.5) is 4.79 Å². The largest absolute Gasteiger partial charge is 0.392 e. The Kier molecular flexibility index (Phi) is 6.67. The maximum Gasteiger partial charge on any atom is 0.317 e. The molecule has 2 heterocycles. The first-order chi connectivity index (χ1) is 12.4. The molecule has 1 aromatic carbocycles. The molecule has 0 aliphatic carbocycles. The number of aryl methyl sites for hydroxylation is 1. The molecule has 2 fully saturated rings. The molecule has 26 heavy (non-hydrogen) atoms. The summed E-state index contributed by atoms with van der Waals surface area (Å²) in [5.41, 5.74) is 1.88. The second-order valence-corrected chi connectivity index (χ2v) is 8.19. The van der Waals surface area contributed by atoms with Gasteiger partial charge in [0.2, 0.25) is 0 Å². The number of β-amino-alcohol motifs (C(OH)–C–C–N with tert-alkyl or cyclic N) is 1. The molecule has 144 valence electrons. The molecule has 0 saturated carbocycles. The Balaban J connectivity index is 1.48. The third-order valence-electron chi connectivity index (χ3n) is 5.50. The zero-order valence-electron chi connectivity index (χ0n) is 15.2. The van der Waals surface area contributed by atoms with Gasteiger partial charge in [0, 0.05) is 42.3 Å². The van der Waals surface area contributed by atoms with Gasteiger partial charge in [0.05, 0.1) is 6.10 Å². The number of hydrogen-bond donors (Lipinski definition) is 2. The highest BCUT2D eigenvalue weighted by molar-refractivity contribution is 6.35. The van der Waals surface area contributed by atoms with Gasteiger partial charge in [-0.25, -0.2) is 4.79 Å². The van der Waals surface area contributed by atoms with Crippen LogP contribution in [-0.2, 0) is 6.54 Å². The molecular formula is C19H27Cl2N3O2. The van der Waals surface area contributed by atoms with Crippen LogP contribution in [-0.4, -0.2) is 59.3 Å². The van der Waals surface area contributed by atoms with Crippen molar-refractivity contribution in [3.05, 3.63) is 33.3 Å². The van der Waals surface area contributed by atoms with Crippen molar-refractivity contribution in [2.75, 3.05) is 26.2 Å². The number of aliphatic hydroxyl groups is 1. The summed E-state index contributed by atoms with van der Waals surface area (Å²) >= 11 is 12.2. The normalized spacial score (nSPS) is 22.5.